The van der Waals surface area contributed by atoms with Crippen LogP contribution in [-0.4, -0.2) is 48.5 Å². The van der Waals surface area contributed by atoms with Gasteiger partial charge in [0.05, 0.1) is 0 Å². The average Bonchev–Trinajstić information content (AvgIpc) is 2.68. The lowest BCUT2D eigenvalue weighted by molar-refractivity contribution is -0.138. The van der Waals surface area contributed by atoms with E-state index in [1.165, 1.54) is 11.9 Å². The van der Waals surface area contributed by atoms with Crippen LogP contribution in [0.15, 0.2) is 24.3 Å². The third kappa shape index (κ3) is 8.16. The summed E-state index contributed by atoms with van der Waals surface area (Å²) in [5.41, 5.74) is 0.415. The van der Waals surface area contributed by atoms with Gasteiger partial charge in [0.1, 0.15) is 18.2 Å². The molecule has 0 saturated heterocycles. The number of hydrogen-bond donors (Lipinski definition) is 2. The fourth-order valence-corrected chi connectivity index (χ4v) is 2.81. The van der Waals surface area contributed by atoms with Gasteiger partial charge in [-0.2, -0.15) is 0 Å². The van der Waals surface area contributed by atoms with Gasteiger partial charge in [-0.25, -0.2) is 4.79 Å². The molecule has 0 aliphatic heterocycles. The van der Waals surface area contributed by atoms with Gasteiger partial charge >= 0.3 is 6.09 Å². The molecule has 0 aliphatic carbocycles. The zero-order valence-corrected chi connectivity index (χ0v) is 18.6. The number of unbranched alkanes of at least 4 members (excludes halogenated alkanes) is 2. The SMILES string of the molecule is C#Cc1ccccc1C(C(=O)NCCCCC)N(C)C(=O)CNC(=O)OC(C)(C)C. The highest BCUT2D eigenvalue weighted by atomic mass is 16.6. The van der Waals surface area contributed by atoms with Crippen molar-refractivity contribution < 1.29 is 19.1 Å². The molecule has 2 N–H and O–H groups in total. The lowest BCUT2D eigenvalue weighted by Crippen LogP contribution is -2.46. The second kappa shape index (κ2) is 11.9. The molecule has 0 fully saturated rings. The standard InChI is InChI=1S/C23H33N3O4/c1-7-9-12-15-24-21(28)20(18-14-11-10-13-17(18)8-2)26(6)19(27)16-25-22(29)30-23(3,4)5/h2,10-11,13-14,20H,7,9,12,15-16H2,1,3-6H3,(H,24,28)(H,25,29). The number of alkyl carbamates (subject to hydrolysis) is 1. The maximum absolute atomic E-state index is 13.0. The fraction of sp³-hybridized carbons (Fsp3) is 0.522. The second-order valence-corrected chi connectivity index (χ2v) is 7.99. The number of nitrogens with zero attached hydrogens (tertiary/aromatic N) is 1. The summed E-state index contributed by atoms with van der Waals surface area (Å²) in [5, 5.41) is 5.31. The molecule has 0 radical (unpaired) electrons. The van der Waals surface area contributed by atoms with Gasteiger partial charge in [0.25, 0.3) is 0 Å². The van der Waals surface area contributed by atoms with Crippen molar-refractivity contribution >= 4 is 17.9 Å². The Morgan fingerprint density at radius 3 is 2.43 bits per heavy atom. The van der Waals surface area contributed by atoms with Crippen LogP contribution in [0.3, 0.4) is 0 Å². The van der Waals surface area contributed by atoms with E-state index < -0.39 is 23.6 Å². The van der Waals surface area contributed by atoms with Gasteiger partial charge in [0.15, 0.2) is 0 Å². The molecule has 3 amide bonds. The monoisotopic (exact) mass is 415 g/mol. The van der Waals surface area contributed by atoms with Crippen LogP contribution in [0.25, 0.3) is 0 Å². The minimum Gasteiger partial charge on any atom is -0.444 e. The minimum atomic E-state index is -0.910. The highest BCUT2D eigenvalue weighted by Crippen LogP contribution is 2.23. The molecule has 1 unspecified atom stereocenters. The van der Waals surface area contributed by atoms with Gasteiger partial charge < -0.3 is 20.3 Å². The van der Waals surface area contributed by atoms with Gasteiger partial charge in [0, 0.05) is 19.2 Å². The third-order valence-electron chi connectivity index (χ3n) is 4.30. The zero-order valence-electron chi connectivity index (χ0n) is 18.6. The van der Waals surface area contributed by atoms with Gasteiger partial charge in [-0.3, -0.25) is 9.59 Å². The number of ether oxygens (including phenoxy) is 1. The predicted octanol–water partition coefficient (Wildman–Crippen LogP) is 3.00. The number of amides is 3. The number of rotatable bonds is 9. The summed E-state index contributed by atoms with van der Waals surface area (Å²) >= 11 is 0. The first-order valence-electron chi connectivity index (χ1n) is 10.2. The lowest BCUT2D eigenvalue weighted by Gasteiger charge is -2.29. The van der Waals surface area contributed by atoms with Crippen LogP contribution in [0.5, 0.6) is 0 Å². The first-order chi connectivity index (χ1) is 14.1. The molecule has 7 nitrogen and oxygen atoms in total. The Morgan fingerprint density at radius 1 is 1.17 bits per heavy atom. The lowest BCUT2D eigenvalue weighted by atomic mass is 9.98. The van der Waals surface area contributed by atoms with E-state index in [2.05, 4.69) is 23.5 Å². The van der Waals surface area contributed by atoms with E-state index in [1.807, 2.05) is 0 Å². The Labute approximate surface area is 179 Å². The molecule has 0 spiro atoms. The zero-order chi connectivity index (χ0) is 22.7. The van der Waals surface area contributed by atoms with Crippen molar-refractivity contribution in [2.75, 3.05) is 20.1 Å². The van der Waals surface area contributed by atoms with Crippen molar-refractivity contribution in [3.63, 3.8) is 0 Å². The topological polar surface area (TPSA) is 87.7 Å². The minimum absolute atomic E-state index is 0.302. The summed E-state index contributed by atoms with van der Waals surface area (Å²) in [4.78, 5) is 38.8. The van der Waals surface area contributed by atoms with E-state index in [4.69, 9.17) is 11.2 Å². The number of benzene rings is 1. The van der Waals surface area contributed by atoms with E-state index in [1.54, 1.807) is 45.0 Å². The van der Waals surface area contributed by atoms with Gasteiger partial charge in [-0.1, -0.05) is 43.9 Å². The molecule has 1 aromatic carbocycles. The van der Waals surface area contributed by atoms with Crippen molar-refractivity contribution in [3.05, 3.63) is 35.4 Å². The average molecular weight is 416 g/mol. The smallest absolute Gasteiger partial charge is 0.408 e. The molecular weight excluding hydrogens is 382 g/mol. The molecule has 0 heterocycles. The first kappa shape index (κ1) is 25.0. The maximum Gasteiger partial charge on any atom is 0.408 e. The van der Waals surface area contributed by atoms with Crippen LogP contribution in [0.2, 0.25) is 0 Å². The molecule has 1 atom stereocenters. The number of hydrogen-bond acceptors (Lipinski definition) is 4. The Morgan fingerprint density at radius 2 is 1.83 bits per heavy atom. The largest absolute Gasteiger partial charge is 0.444 e. The highest BCUT2D eigenvalue weighted by molar-refractivity contribution is 5.90. The Kier molecular flexibility index (Phi) is 9.90. The summed E-state index contributed by atoms with van der Waals surface area (Å²) in [6, 6.07) is 6.10. The summed E-state index contributed by atoms with van der Waals surface area (Å²) in [6.45, 7) is 7.49. The van der Waals surface area contributed by atoms with E-state index >= 15 is 0 Å². The maximum atomic E-state index is 13.0. The Bertz CT molecular complexity index is 777. The van der Waals surface area contributed by atoms with Crippen LogP contribution in [0.1, 0.15) is 64.1 Å². The summed E-state index contributed by atoms with van der Waals surface area (Å²) in [5.74, 6) is 1.81. The summed E-state index contributed by atoms with van der Waals surface area (Å²) < 4.78 is 5.15. The van der Waals surface area contributed by atoms with Crippen LogP contribution in [0, 0.1) is 12.3 Å². The van der Waals surface area contributed by atoms with Crippen molar-refractivity contribution in [1.82, 2.24) is 15.5 Å². The number of likely N-dealkylation sites (N-methyl/N-ethyl adjacent to an activating group) is 1. The van der Waals surface area contributed by atoms with Crippen LogP contribution >= 0.6 is 0 Å². The van der Waals surface area contributed by atoms with Gasteiger partial charge in [-0.15, -0.1) is 6.42 Å². The quantitative estimate of drug-likeness (QED) is 0.479. The fourth-order valence-electron chi connectivity index (χ4n) is 2.81. The van der Waals surface area contributed by atoms with Crippen molar-refractivity contribution in [3.8, 4) is 12.3 Å². The molecule has 0 aliphatic rings. The van der Waals surface area contributed by atoms with E-state index in [0.29, 0.717) is 17.7 Å². The Hall–Kier alpha value is -3.01. The predicted molar refractivity (Wildman–Crippen MR) is 117 cm³/mol. The number of nitrogens with one attached hydrogen (secondary N) is 2. The molecular formula is C23H33N3O4. The van der Waals surface area contributed by atoms with Gasteiger partial charge in [0.2, 0.25) is 11.8 Å². The number of carbonyl (C=O) groups is 3. The molecule has 1 aromatic rings. The Balaban J connectivity index is 2.97. The van der Waals surface area contributed by atoms with Crippen molar-refractivity contribution in [1.29, 1.82) is 0 Å². The summed E-state index contributed by atoms with van der Waals surface area (Å²) in [7, 11) is 1.52. The molecule has 30 heavy (non-hydrogen) atoms. The summed E-state index contributed by atoms with van der Waals surface area (Å²) in [6.07, 6.45) is 7.79. The van der Waals surface area contributed by atoms with Gasteiger partial charge in [-0.05, 0) is 38.8 Å². The molecule has 164 valence electrons. The molecule has 1 rings (SSSR count). The van der Waals surface area contributed by atoms with Crippen LogP contribution in [0.4, 0.5) is 4.79 Å². The van der Waals surface area contributed by atoms with Crippen molar-refractivity contribution in [2.24, 2.45) is 0 Å². The molecule has 0 aromatic heterocycles. The van der Waals surface area contributed by atoms with Crippen LogP contribution in [-0.2, 0) is 14.3 Å². The number of terminal acetylenes is 1. The van der Waals surface area contributed by atoms with E-state index in [9.17, 15) is 14.4 Å². The van der Waals surface area contributed by atoms with Crippen LogP contribution < -0.4 is 10.6 Å². The first-order valence-corrected chi connectivity index (χ1v) is 10.2. The van der Waals surface area contributed by atoms with Crippen molar-refractivity contribution in [2.45, 2.75) is 58.6 Å². The van der Waals surface area contributed by atoms with E-state index in [-0.39, 0.29) is 12.5 Å². The normalized spacial score (nSPS) is 11.7. The van der Waals surface area contributed by atoms with E-state index in [0.717, 1.165) is 19.3 Å². The highest BCUT2D eigenvalue weighted by Gasteiger charge is 2.30. The molecule has 7 heteroatoms. The number of carbonyl (C=O) groups excluding carboxylic acids is 3. The molecule has 0 bridgehead atoms. The second-order valence-electron chi connectivity index (χ2n) is 7.99. The molecule has 0 saturated carbocycles. The third-order valence-corrected chi connectivity index (χ3v) is 4.30.